The van der Waals surface area contributed by atoms with Gasteiger partial charge in [-0.1, -0.05) is 11.6 Å². The number of nitrogens with zero attached hydrogens (tertiary/aromatic N) is 4. The lowest BCUT2D eigenvalue weighted by molar-refractivity contribution is -0.137. The first-order chi connectivity index (χ1) is 9.88. The van der Waals surface area contributed by atoms with Crippen molar-refractivity contribution in [3.8, 4) is 5.82 Å². The van der Waals surface area contributed by atoms with E-state index in [2.05, 4.69) is 15.1 Å². The molecule has 108 valence electrons. The molecule has 0 aliphatic rings. The predicted molar refractivity (Wildman–Crippen MR) is 70.8 cm³/mol. The minimum absolute atomic E-state index is 0.182. The highest BCUT2D eigenvalue weighted by Gasteiger charge is 2.36. The highest BCUT2D eigenvalue weighted by molar-refractivity contribution is 7.16. The topological polar surface area (TPSA) is 60.7 Å². The van der Waals surface area contributed by atoms with Crippen molar-refractivity contribution < 1.29 is 13.2 Å². The van der Waals surface area contributed by atoms with Crippen LogP contribution < -0.4 is 5.56 Å². The summed E-state index contributed by atoms with van der Waals surface area (Å²) >= 11 is 6.57. The standard InChI is InChI=1S/C11H4ClF3N4OS/c12-5-1-6(11(13,14)15)9(16-2-5)19-10(20)8-7(3-18-19)17-4-21-8/h1-4H. The van der Waals surface area contributed by atoms with E-state index in [1.54, 1.807) is 0 Å². The van der Waals surface area contributed by atoms with Gasteiger partial charge in [-0.3, -0.25) is 4.79 Å². The predicted octanol–water partition coefficient (Wildman–Crippen LogP) is 2.91. The number of hydrogen-bond acceptors (Lipinski definition) is 5. The summed E-state index contributed by atoms with van der Waals surface area (Å²) in [5, 5.41) is 3.51. The average molecular weight is 333 g/mol. The normalized spacial score (nSPS) is 12.0. The van der Waals surface area contributed by atoms with Crippen molar-refractivity contribution in [3.63, 3.8) is 0 Å². The van der Waals surface area contributed by atoms with Crippen molar-refractivity contribution in [3.05, 3.63) is 44.9 Å². The Morgan fingerprint density at radius 2 is 2.00 bits per heavy atom. The molecular weight excluding hydrogens is 329 g/mol. The van der Waals surface area contributed by atoms with Crippen LogP contribution >= 0.6 is 22.9 Å². The van der Waals surface area contributed by atoms with Gasteiger partial charge in [-0.25, -0.2) is 9.97 Å². The van der Waals surface area contributed by atoms with Gasteiger partial charge in [0.25, 0.3) is 5.56 Å². The van der Waals surface area contributed by atoms with Crippen LogP contribution in [0.15, 0.2) is 28.8 Å². The minimum atomic E-state index is -4.71. The summed E-state index contributed by atoms with van der Waals surface area (Å²) in [7, 11) is 0. The quantitative estimate of drug-likeness (QED) is 0.687. The molecule has 21 heavy (non-hydrogen) atoms. The van der Waals surface area contributed by atoms with Gasteiger partial charge in [0.05, 0.1) is 16.7 Å². The smallest absolute Gasteiger partial charge is 0.266 e. The first kappa shape index (κ1) is 14.0. The summed E-state index contributed by atoms with van der Waals surface area (Å²) in [5.41, 5.74) is -0.106. The zero-order valence-corrected chi connectivity index (χ0v) is 11.5. The first-order valence-electron chi connectivity index (χ1n) is 5.42. The number of hydrogen-bond donors (Lipinski definition) is 0. The molecule has 0 bridgehead atoms. The van der Waals surface area contributed by atoms with Gasteiger partial charge in [0, 0.05) is 6.20 Å². The molecule has 0 aliphatic heterocycles. The number of pyridine rings is 1. The molecule has 3 aromatic heterocycles. The van der Waals surface area contributed by atoms with Crippen LogP contribution in [0.2, 0.25) is 5.02 Å². The van der Waals surface area contributed by atoms with E-state index in [1.807, 2.05) is 0 Å². The number of aromatic nitrogens is 4. The maximum absolute atomic E-state index is 13.0. The second kappa shape index (κ2) is 4.78. The van der Waals surface area contributed by atoms with E-state index in [4.69, 9.17) is 11.6 Å². The van der Waals surface area contributed by atoms with E-state index in [1.165, 1.54) is 11.7 Å². The molecule has 0 aromatic carbocycles. The van der Waals surface area contributed by atoms with Gasteiger partial charge >= 0.3 is 6.18 Å². The second-order valence-corrected chi connectivity index (χ2v) is 5.24. The zero-order valence-electron chi connectivity index (χ0n) is 9.93. The minimum Gasteiger partial charge on any atom is -0.266 e. The Kier molecular flexibility index (Phi) is 3.18. The molecule has 0 amide bonds. The van der Waals surface area contributed by atoms with E-state index in [0.29, 0.717) is 16.3 Å². The third-order valence-electron chi connectivity index (χ3n) is 2.62. The first-order valence-corrected chi connectivity index (χ1v) is 6.68. The van der Waals surface area contributed by atoms with Crippen LogP contribution in [0.1, 0.15) is 5.56 Å². The Morgan fingerprint density at radius 1 is 1.24 bits per heavy atom. The van der Waals surface area contributed by atoms with Crippen molar-refractivity contribution >= 4 is 33.2 Å². The molecule has 0 N–H and O–H groups in total. The second-order valence-electron chi connectivity index (χ2n) is 3.95. The molecule has 0 aliphatic carbocycles. The van der Waals surface area contributed by atoms with E-state index in [0.717, 1.165) is 17.5 Å². The van der Waals surface area contributed by atoms with Crippen LogP contribution in [0, 0.1) is 0 Å². The van der Waals surface area contributed by atoms with Crippen molar-refractivity contribution in [1.82, 2.24) is 19.7 Å². The van der Waals surface area contributed by atoms with Crippen LogP contribution in [-0.2, 0) is 6.18 Å². The molecular formula is C11H4ClF3N4OS. The third kappa shape index (κ3) is 2.38. The SMILES string of the molecule is O=c1c2scnc2cnn1-c1ncc(Cl)cc1C(F)(F)F. The van der Waals surface area contributed by atoms with Gasteiger partial charge in [0.2, 0.25) is 0 Å². The number of fused-ring (bicyclic) bond motifs is 1. The fourth-order valence-corrected chi connectivity index (χ4v) is 2.57. The zero-order chi connectivity index (χ0) is 15.2. The van der Waals surface area contributed by atoms with Gasteiger partial charge < -0.3 is 0 Å². The molecule has 0 saturated heterocycles. The number of alkyl halides is 3. The summed E-state index contributed by atoms with van der Waals surface area (Å²) in [6, 6.07) is 0.703. The molecule has 5 nitrogen and oxygen atoms in total. The van der Waals surface area contributed by atoms with Crippen LogP contribution in [0.4, 0.5) is 13.2 Å². The molecule has 0 radical (unpaired) electrons. The Labute approximate surface area is 123 Å². The summed E-state index contributed by atoms with van der Waals surface area (Å²) in [6.45, 7) is 0. The van der Waals surface area contributed by atoms with Crippen molar-refractivity contribution in [2.45, 2.75) is 6.18 Å². The van der Waals surface area contributed by atoms with Crippen molar-refractivity contribution in [2.24, 2.45) is 0 Å². The lowest BCUT2D eigenvalue weighted by Crippen LogP contribution is -2.24. The van der Waals surface area contributed by atoms with Crippen LogP contribution in [0.25, 0.3) is 16.0 Å². The van der Waals surface area contributed by atoms with E-state index in [-0.39, 0.29) is 9.72 Å². The van der Waals surface area contributed by atoms with Gasteiger partial charge in [0.15, 0.2) is 5.82 Å². The highest BCUT2D eigenvalue weighted by Crippen LogP contribution is 2.33. The van der Waals surface area contributed by atoms with Crippen LogP contribution in [0.3, 0.4) is 0 Å². The Hall–Kier alpha value is -2.00. The van der Waals surface area contributed by atoms with E-state index >= 15 is 0 Å². The fraction of sp³-hybridized carbons (Fsp3) is 0.0909. The molecule has 0 fully saturated rings. The number of halogens is 4. The number of thiazole rings is 1. The molecule has 3 rings (SSSR count). The average Bonchev–Trinajstić information content (AvgIpc) is 2.88. The highest BCUT2D eigenvalue weighted by atomic mass is 35.5. The van der Waals surface area contributed by atoms with Crippen molar-refractivity contribution in [2.75, 3.05) is 0 Å². The maximum Gasteiger partial charge on any atom is 0.420 e. The summed E-state index contributed by atoms with van der Waals surface area (Å²) < 4.78 is 39.9. The van der Waals surface area contributed by atoms with Crippen LogP contribution in [-0.4, -0.2) is 19.7 Å². The molecule has 3 aromatic rings. The molecule has 3 heterocycles. The Morgan fingerprint density at radius 3 is 2.71 bits per heavy atom. The fourth-order valence-electron chi connectivity index (χ4n) is 1.73. The monoisotopic (exact) mass is 332 g/mol. The number of rotatable bonds is 1. The summed E-state index contributed by atoms with van der Waals surface area (Å²) in [4.78, 5) is 19.7. The van der Waals surface area contributed by atoms with E-state index in [9.17, 15) is 18.0 Å². The molecule has 10 heteroatoms. The molecule has 0 spiro atoms. The molecule has 0 saturated carbocycles. The maximum atomic E-state index is 13.0. The largest absolute Gasteiger partial charge is 0.420 e. The Balaban J connectivity index is 2.33. The molecule has 0 atom stereocenters. The summed E-state index contributed by atoms with van der Waals surface area (Å²) in [6.07, 6.45) is -2.47. The van der Waals surface area contributed by atoms with Gasteiger partial charge in [-0.05, 0) is 6.07 Å². The van der Waals surface area contributed by atoms with Gasteiger partial charge in [-0.15, -0.1) is 11.3 Å². The molecule has 0 unspecified atom stereocenters. The lowest BCUT2D eigenvalue weighted by atomic mass is 10.2. The summed E-state index contributed by atoms with van der Waals surface area (Å²) in [5.74, 6) is -0.618. The van der Waals surface area contributed by atoms with Crippen LogP contribution in [0.5, 0.6) is 0 Å². The lowest BCUT2D eigenvalue weighted by Gasteiger charge is -2.12. The third-order valence-corrected chi connectivity index (χ3v) is 3.65. The van der Waals surface area contributed by atoms with Gasteiger partial charge in [0.1, 0.15) is 15.8 Å². The van der Waals surface area contributed by atoms with Crippen molar-refractivity contribution in [1.29, 1.82) is 0 Å². The van der Waals surface area contributed by atoms with E-state index < -0.39 is 23.1 Å². The van der Waals surface area contributed by atoms with Gasteiger partial charge in [-0.2, -0.15) is 23.0 Å². The Bertz CT molecular complexity index is 889.